The number of hydrogen-bond acceptors (Lipinski definition) is 3. The van der Waals surface area contributed by atoms with Crippen molar-refractivity contribution in [3.63, 3.8) is 0 Å². The van der Waals surface area contributed by atoms with Crippen molar-refractivity contribution in [2.75, 3.05) is 31.5 Å². The maximum absolute atomic E-state index is 12.7. The fourth-order valence-corrected chi connectivity index (χ4v) is 3.62. The Hall–Kier alpha value is -1.88. The first kappa shape index (κ1) is 17.9. The van der Waals surface area contributed by atoms with E-state index in [2.05, 4.69) is 17.6 Å². The molecule has 0 saturated carbocycles. The van der Waals surface area contributed by atoms with Crippen molar-refractivity contribution in [1.82, 2.24) is 10.2 Å². The zero-order valence-electron chi connectivity index (χ0n) is 15.5. The van der Waals surface area contributed by atoms with Gasteiger partial charge in [0.25, 0.3) is 5.91 Å². The topological polar surface area (TPSA) is 61.4 Å². The van der Waals surface area contributed by atoms with Gasteiger partial charge in [0.15, 0.2) is 0 Å². The summed E-state index contributed by atoms with van der Waals surface area (Å²) in [5.74, 6) is 1.14. The molecule has 0 spiro atoms. The Morgan fingerprint density at radius 2 is 2.08 bits per heavy atom. The molecule has 5 heteroatoms. The Balaban J connectivity index is 1.65. The normalized spacial score (nSPS) is 22.2. The molecule has 136 valence electrons. The maximum Gasteiger partial charge on any atom is 0.253 e. The van der Waals surface area contributed by atoms with Gasteiger partial charge in [0.1, 0.15) is 0 Å². The summed E-state index contributed by atoms with van der Waals surface area (Å²) < 4.78 is 0. The second-order valence-corrected chi connectivity index (χ2v) is 7.72. The van der Waals surface area contributed by atoms with Crippen LogP contribution in [0, 0.1) is 24.7 Å². The van der Waals surface area contributed by atoms with Crippen LogP contribution in [0.3, 0.4) is 0 Å². The largest absolute Gasteiger partial charge is 0.338 e. The Kier molecular flexibility index (Phi) is 5.42. The Bertz CT molecular complexity index is 654. The molecule has 1 aromatic carbocycles. The van der Waals surface area contributed by atoms with E-state index >= 15 is 0 Å². The molecular weight excluding hydrogens is 314 g/mol. The highest BCUT2D eigenvalue weighted by Crippen LogP contribution is 2.23. The van der Waals surface area contributed by atoms with Crippen LogP contribution in [0.15, 0.2) is 18.2 Å². The van der Waals surface area contributed by atoms with Gasteiger partial charge in [0, 0.05) is 30.3 Å². The Morgan fingerprint density at radius 3 is 2.68 bits per heavy atom. The van der Waals surface area contributed by atoms with Crippen LogP contribution in [0.1, 0.15) is 42.6 Å². The van der Waals surface area contributed by atoms with Crippen LogP contribution in [-0.4, -0.2) is 42.9 Å². The molecule has 0 bridgehead atoms. The van der Waals surface area contributed by atoms with Crippen molar-refractivity contribution in [3.05, 3.63) is 29.3 Å². The third-order valence-electron chi connectivity index (χ3n) is 5.61. The van der Waals surface area contributed by atoms with Crippen LogP contribution in [0.25, 0.3) is 0 Å². The van der Waals surface area contributed by atoms with Crippen LogP contribution < -0.4 is 10.6 Å². The molecule has 2 N–H and O–H groups in total. The Labute approximate surface area is 150 Å². The van der Waals surface area contributed by atoms with Gasteiger partial charge in [-0.2, -0.15) is 0 Å². The van der Waals surface area contributed by atoms with Crippen molar-refractivity contribution < 1.29 is 9.59 Å². The summed E-state index contributed by atoms with van der Waals surface area (Å²) in [6.07, 6.45) is 2.27. The highest BCUT2D eigenvalue weighted by Gasteiger charge is 2.29. The lowest BCUT2D eigenvalue weighted by atomic mass is 9.88. The predicted molar refractivity (Wildman–Crippen MR) is 99.6 cm³/mol. The first-order valence-electron chi connectivity index (χ1n) is 9.37. The number of nitrogens with zero attached hydrogens (tertiary/aromatic N) is 1. The summed E-state index contributed by atoms with van der Waals surface area (Å²) in [5, 5.41) is 6.22. The first-order chi connectivity index (χ1) is 12.0. The number of anilines is 1. The van der Waals surface area contributed by atoms with Crippen molar-refractivity contribution in [2.45, 2.75) is 33.6 Å². The average Bonchev–Trinajstić information content (AvgIpc) is 2.54. The lowest BCUT2D eigenvalue weighted by Crippen LogP contribution is -2.48. The molecule has 2 heterocycles. The van der Waals surface area contributed by atoms with Crippen LogP contribution in [0.4, 0.5) is 5.69 Å². The van der Waals surface area contributed by atoms with E-state index in [1.807, 2.05) is 36.9 Å². The van der Waals surface area contributed by atoms with Crippen LogP contribution >= 0.6 is 0 Å². The van der Waals surface area contributed by atoms with E-state index < -0.39 is 0 Å². The lowest BCUT2D eigenvalue weighted by Gasteiger charge is -2.32. The monoisotopic (exact) mass is 343 g/mol. The summed E-state index contributed by atoms with van der Waals surface area (Å²) >= 11 is 0. The van der Waals surface area contributed by atoms with E-state index in [-0.39, 0.29) is 17.7 Å². The number of piperidine rings is 1. The first-order valence-corrected chi connectivity index (χ1v) is 9.37. The van der Waals surface area contributed by atoms with Crippen LogP contribution in [0.2, 0.25) is 0 Å². The molecule has 5 nitrogen and oxygen atoms in total. The van der Waals surface area contributed by atoms with Gasteiger partial charge >= 0.3 is 0 Å². The van der Waals surface area contributed by atoms with Crippen LogP contribution in [0.5, 0.6) is 0 Å². The van der Waals surface area contributed by atoms with Gasteiger partial charge in [-0.1, -0.05) is 13.8 Å². The molecule has 2 aliphatic rings. The molecule has 25 heavy (non-hydrogen) atoms. The fourth-order valence-electron chi connectivity index (χ4n) is 3.62. The number of carbonyl (C=O) groups is 2. The van der Waals surface area contributed by atoms with Crippen molar-refractivity contribution in [2.24, 2.45) is 17.8 Å². The number of benzene rings is 1. The van der Waals surface area contributed by atoms with Crippen LogP contribution in [-0.2, 0) is 4.79 Å². The Morgan fingerprint density at radius 1 is 1.32 bits per heavy atom. The smallest absolute Gasteiger partial charge is 0.253 e. The summed E-state index contributed by atoms with van der Waals surface area (Å²) in [5.41, 5.74) is 2.44. The molecule has 3 rings (SSSR count). The molecule has 1 aromatic rings. The minimum absolute atomic E-state index is 0.00297. The molecule has 2 atom stereocenters. The lowest BCUT2D eigenvalue weighted by molar-refractivity contribution is -0.121. The molecule has 0 aromatic heterocycles. The van der Waals surface area contributed by atoms with E-state index in [0.29, 0.717) is 17.4 Å². The summed E-state index contributed by atoms with van der Waals surface area (Å²) in [4.78, 5) is 27.0. The summed E-state index contributed by atoms with van der Waals surface area (Å²) in [7, 11) is 0. The molecule has 2 fully saturated rings. The van der Waals surface area contributed by atoms with Gasteiger partial charge in [0.05, 0.1) is 0 Å². The zero-order chi connectivity index (χ0) is 18.0. The van der Waals surface area contributed by atoms with Gasteiger partial charge in [-0.15, -0.1) is 0 Å². The van der Waals surface area contributed by atoms with Gasteiger partial charge in [-0.05, 0) is 68.5 Å². The van der Waals surface area contributed by atoms with E-state index in [1.165, 1.54) is 6.42 Å². The van der Waals surface area contributed by atoms with E-state index in [9.17, 15) is 9.59 Å². The molecular formula is C20H29N3O2. The van der Waals surface area contributed by atoms with Gasteiger partial charge in [-0.3, -0.25) is 9.59 Å². The van der Waals surface area contributed by atoms with E-state index in [4.69, 9.17) is 0 Å². The molecule has 0 radical (unpaired) electrons. The van der Waals surface area contributed by atoms with Crippen molar-refractivity contribution in [3.8, 4) is 0 Å². The van der Waals surface area contributed by atoms with E-state index in [1.54, 1.807) is 0 Å². The highest BCUT2D eigenvalue weighted by molar-refractivity contribution is 5.97. The zero-order valence-corrected chi connectivity index (χ0v) is 15.5. The van der Waals surface area contributed by atoms with E-state index in [0.717, 1.165) is 43.9 Å². The fraction of sp³-hybridized carbons (Fsp3) is 0.600. The third-order valence-corrected chi connectivity index (χ3v) is 5.61. The number of nitrogens with one attached hydrogen (secondary N) is 2. The summed E-state index contributed by atoms with van der Waals surface area (Å²) in [6.45, 7) is 9.62. The highest BCUT2D eigenvalue weighted by atomic mass is 16.2. The quantitative estimate of drug-likeness (QED) is 0.883. The molecule has 2 saturated heterocycles. The molecule has 2 aliphatic heterocycles. The third kappa shape index (κ3) is 4.03. The second kappa shape index (κ2) is 7.56. The summed E-state index contributed by atoms with van der Waals surface area (Å²) in [6, 6.07) is 5.59. The minimum Gasteiger partial charge on any atom is -0.338 e. The molecule has 0 aliphatic carbocycles. The number of rotatable bonds is 4. The van der Waals surface area contributed by atoms with Crippen molar-refractivity contribution in [1.29, 1.82) is 0 Å². The number of aryl methyl sites for hydroxylation is 1. The predicted octanol–water partition coefficient (Wildman–Crippen LogP) is 2.66. The average molecular weight is 343 g/mol. The second-order valence-electron chi connectivity index (χ2n) is 7.72. The number of hydrogen-bond donors (Lipinski definition) is 2. The molecule has 2 unspecified atom stereocenters. The standard InChI is InChI=1S/C20H29N3O2/c1-13-5-4-8-23(12-13)20(25)16-6-7-18(14(2)9-16)22-19(24)15(3)17-10-21-11-17/h6-7,9,13,15,17,21H,4-5,8,10-12H2,1-3H3,(H,22,24). The number of likely N-dealkylation sites (tertiary alicyclic amines) is 1. The SMILES string of the molecule is Cc1cc(C(=O)N2CCCC(C)C2)ccc1NC(=O)C(C)C1CNC1. The van der Waals surface area contributed by atoms with Gasteiger partial charge in [0.2, 0.25) is 5.91 Å². The number of carbonyl (C=O) groups excluding carboxylic acids is 2. The number of amides is 2. The maximum atomic E-state index is 12.7. The van der Waals surface area contributed by atoms with Crippen molar-refractivity contribution >= 4 is 17.5 Å². The van der Waals surface area contributed by atoms with Gasteiger partial charge < -0.3 is 15.5 Å². The minimum atomic E-state index is -0.00297. The molecule has 2 amide bonds. The van der Waals surface area contributed by atoms with Gasteiger partial charge in [-0.25, -0.2) is 0 Å².